The van der Waals surface area contributed by atoms with E-state index >= 15 is 0 Å². The molecule has 0 saturated carbocycles. The van der Waals surface area contributed by atoms with Crippen molar-refractivity contribution in [1.29, 1.82) is 0 Å². The maximum atomic E-state index is 13.6. The van der Waals surface area contributed by atoms with E-state index in [1.807, 2.05) is 38.1 Å². The largest absolute Gasteiger partial charge is 0.380 e. The van der Waals surface area contributed by atoms with Gasteiger partial charge in [0.15, 0.2) is 5.66 Å². The summed E-state index contributed by atoms with van der Waals surface area (Å²) < 4.78 is 0. The zero-order chi connectivity index (χ0) is 19.2. The lowest BCUT2D eigenvalue weighted by molar-refractivity contribution is -0.169. The second kappa shape index (κ2) is 4.93. The number of fused-ring (bicyclic) bond motifs is 6. The first-order valence-corrected chi connectivity index (χ1v) is 9.66. The third-order valence-electron chi connectivity index (χ3n) is 7.23. The number of piperazine rings is 1. The molecule has 0 radical (unpaired) electrons. The number of nitrogens with zero attached hydrogens (tertiary/aromatic N) is 2. The molecule has 1 aromatic rings. The van der Waals surface area contributed by atoms with Gasteiger partial charge in [-0.2, -0.15) is 0 Å². The van der Waals surface area contributed by atoms with Gasteiger partial charge in [0.25, 0.3) is 0 Å². The molecule has 3 fully saturated rings. The molecule has 4 aliphatic heterocycles. The first kappa shape index (κ1) is 16.8. The van der Waals surface area contributed by atoms with Crippen LogP contribution in [0.15, 0.2) is 36.9 Å². The van der Waals surface area contributed by atoms with E-state index in [1.165, 1.54) is 0 Å². The van der Waals surface area contributed by atoms with Crippen LogP contribution >= 0.6 is 0 Å². The van der Waals surface area contributed by atoms with Crippen molar-refractivity contribution in [3.05, 3.63) is 42.5 Å². The smallest absolute Gasteiger partial charge is 0.248 e. The van der Waals surface area contributed by atoms with Crippen LogP contribution in [-0.2, 0) is 15.2 Å². The van der Waals surface area contributed by atoms with E-state index < -0.39 is 28.8 Å². The van der Waals surface area contributed by atoms with Crippen molar-refractivity contribution >= 4 is 17.5 Å². The van der Waals surface area contributed by atoms with E-state index in [1.54, 1.807) is 15.9 Å². The lowest BCUT2D eigenvalue weighted by atomic mass is 9.68. The van der Waals surface area contributed by atoms with Gasteiger partial charge >= 0.3 is 0 Å². The molecule has 27 heavy (non-hydrogen) atoms. The molecule has 2 amide bonds. The minimum atomic E-state index is -1.36. The van der Waals surface area contributed by atoms with Gasteiger partial charge in [0.2, 0.25) is 11.8 Å². The topological polar surface area (TPSA) is 72.9 Å². The summed E-state index contributed by atoms with van der Waals surface area (Å²) in [7, 11) is 0. The number of hydrogen-bond acceptors (Lipinski definition) is 4. The number of anilines is 1. The quantitative estimate of drug-likeness (QED) is 0.782. The number of hydrogen-bond donors (Lipinski definition) is 2. The van der Waals surface area contributed by atoms with Crippen LogP contribution in [0.3, 0.4) is 0 Å². The molecule has 142 valence electrons. The van der Waals surface area contributed by atoms with Crippen molar-refractivity contribution in [2.45, 2.75) is 56.5 Å². The third-order valence-corrected chi connectivity index (χ3v) is 7.23. The normalized spacial score (nSPS) is 36.9. The van der Waals surface area contributed by atoms with Crippen molar-refractivity contribution in [2.75, 3.05) is 11.9 Å². The van der Waals surface area contributed by atoms with E-state index in [0.717, 1.165) is 17.7 Å². The van der Waals surface area contributed by atoms with Crippen LogP contribution in [0.5, 0.6) is 0 Å². The number of amides is 2. The molecule has 0 aliphatic carbocycles. The van der Waals surface area contributed by atoms with Gasteiger partial charge < -0.3 is 20.2 Å². The highest BCUT2D eigenvalue weighted by Gasteiger charge is 2.76. The summed E-state index contributed by atoms with van der Waals surface area (Å²) >= 11 is 0. The Bertz CT molecular complexity index is 881. The molecule has 4 unspecified atom stereocenters. The predicted molar refractivity (Wildman–Crippen MR) is 101 cm³/mol. The molecular formula is C21H25N3O3. The zero-order valence-electron chi connectivity index (χ0n) is 15.7. The second-order valence-corrected chi connectivity index (χ2v) is 8.78. The lowest BCUT2D eigenvalue weighted by Crippen LogP contribution is -2.73. The molecule has 2 N–H and O–H groups in total. The Labute approximate surface area is 158 Å². The van der Waals surface area contributed by atoms with Crippen molar-refractivity contribution in [2.24, 2.45) is 5.41 Å². The van der Waals surface area contributed by atoms with Crippen LogP contribution in [0.1, 0.15) is 38.7 Å². The van der Waals surface area contributed by atoms with Crippen LogP contribution in [0.2, 0.25) is 0 Å². The summed E-state index contributed by atoms with van der Waals surface area (Å²) in [4.78, 5) is 30.2. The molecular weight excluding hydrogens is 342 g/mol. The number of aliphatic hydroxyl groups is 1. The minimum Gasteiger partial charge on any atom is -0.380 e. The van der Waals surface area contributed by atoms with Crippen molar-refractivity contribution in [1.82, 2.24) is 9.80 Å². The Morgan fingerprint density at radius 2 is 2.00 bits per heavy atom. The van der Waals surface area contributed by atoms with Crippen LogP contribution in [0.25, 0.3) is 0 Å². The molecule has 6 heteroatoms. The van der Waals surface area contributed by atoms with E-state index in [4.69, 9.17) is 0 Å². The number of nitrogens with one attached hydrogen (secondary N) is 1. The maximum absolute atomic E-state index is 13.6. The molecule has 4 heterocycles. The van der Waals surface area contributed by atoms with Crippen LogP contribution in [0.4, 0.5) is 5.69 Å². The Morgan fingerprint density at radius 3 is 2.74 bits per heavy atom. The molecule has 0 spiro atoms. The van der Waals surface area contributed by atoms with Crippen molar-refractivity contribution < 1.29 is 14.7 Å². The third kappa shape index (κ3) is 1.66. The molecule has 0 aromatic heterocycles. The van der Waals surface area contributed by atoms with Crippen molar-refractivity contribution in [3.8, 4) is 0 Å². The predicted octanol–water partition coefficient (Wildman–Crippen LogP) is 1.81. The first-order chi connectivity index (χ1) is 12.8. The van der Waals surface area contributed by atoms with E-state index in [-0.39, 0.29) is 18.2 Å². The highest BCUT2D eigenvalue weighted by molar-refractivity contribution is 6.00. The molecule has 1 aromatic carbocycles. The highest BCUT2D eigenvalue weighted by Crippen LogP contribution is 2.63. The Hall–Kier alpha value is -2.34. The molecule has 4 atom stereocenters. The monoisotopic (exact) mass is 367 g/mol. The fourth-order valence-electron chi connectivity index (χ4n) is 5.88. The summed E-state index contributed by atoms with van der Waals surface area (Å²) in [5, 5.41) is 15.5. The number of rotatable bonds is 2. The van der Waals surface area contributed by atoms with Gasteiger partial charge in [-0.3, -0.25) is 9.59 Å². The van der Waals surface area contributed by atoms with Crippen molar-refractivity contribution in [3.63, 3.8) is 0 Å². The fraction of sp³-hybridized carbons (Fsp3) is 0.524. The number of carbonyl (C=O) groups is 2. The van der Waals surface area contributed by atoms with E-state index in [9.17, 15) is 14.7 Å². The Morgan fingerprint density at radius 1 is 1.26 bits per heavy atom. The van der Waals surface area contributed by atoms with Crippen LogP contribution in [0, 0.1) is 5.41 Å². The molecule has 4 aliphatic rings. The van der Waals surface area contributed by atoms with E-state index in [2.05, 4.69) is 11.9 Å². The van der Waals surface area contributed by atoms with Gasteiger partial charge in [0, 0.05) is 29.6 Å². The summed E-state index contributed by atoms with van der Waals surface area (Å²) in [5.41, 5.74) is -1.63. The summed E-state index contributed by atoms with van der Waals surface area (Å²) in [6.07, 6.45) is 3.50. The second-order valence-electron chi connectivity index (χ2n) is 8.78. The number of carbonyl (C=O) groups excluding carboxylic acids is 2. The molecule has 0 bridgehead atoms. The Balaban J connectivity index is 1.77. The fourth-order valence-corrected chi connectivity index (χ4v) is 5.88. The average molecular weight is 367 g/mol. The lowest BCUT2D eigenvalue weighted by Gasteiger charge is -2.54. The zero-order valence-corrected chi connectivity index (χ0v) is 15.7. The molecule has 6 nitrogen and oxygen atoms in total. The number of para-hydroxylation sites is 1. The van der Waals surface area contributed by atoms with Crippen LogP contribution in [-0.4, -0.2) is 51.0 Å². The molecule has 3 saturated heterocycles. The van der Waals surface area contributed by atoms with Gasteiger partial charge in [-0.05, 0) is 18.9 Å². The first-order valence-electron chi connectivity index (χ1n) is 9.66. The average Bonchev–Trinajstić information content (AvgIpc) is 3.29. The van der Waals surface area contributed by atoms with Crippen LogP contribution < -0.4 is 5.32 Å². The van der Waals surface area contributed by atoms with Gasteiger partial charge in [0.05, 0.1) is 0 Å². The molecule has 5 rings (SSSR count). The summed E-state index contributed by atoms with van der Waals surface area (Å²) in [6.45, 7) is 8.54. The Kier molecular flexibility index (Phi) is 3.07. The maximum Gasteiger partial charge on any atom is 0.248 e. The standard InChI is InChI=1S/C21H25N3O3/c1-4-19(2,3)21-20(27,13-8-5-6-9-14(13)22-21)12-16-17(25)23-11-7-10-15(23)18(26)24(16)21/h4-6,8-9,15-16,22,27H,1,7,10-12H2,2-3H3. The summed E-state index contributed by atoms with van der Waals surface area (Å²) in [6, 6.07) is 6.52. The van der Waals surface area contributed by atoms with Gasteiger partial charge in [0.1, 0.15) is 17.7 Å². The van der Waals surface area contributed by atoms with E-state index in [0.29, 0.717) is 13.0 Å². The van der Waals surface area contributed by atoms with Gasteiger partial charge in [-0.15, -0.1) is 6.58 Å². The number of benzene rings is 1. The SMILES string of the molecule is C=CC(C)(C)C12Nc3ccccc3C1(O)CC1C(=O)N3CCCC3C(=O)N12. The van der Waals surface area contributed by atoms with Gasteiger partial charge in [-0.1, -0.05) is 38.1 Å². The minimum absolute atomic E-state index is 0.0431. The summed E-state index contributed by atoms with van der Waals surface area (Å²) in [5.74, 6) is -0.110. The van der Waals surface area contributed by atoms with Gasteiger partial charge in [-0.25, -0.2) is 0 Å². The highest BCUT2D eigenvalue weighted by atomic mass is 16.3.